The van der Waals surface area contributed by atoms with Gasteiger partial charge in [-0.15, -0.1) is 0 Å². The molecule has 0 saturated heterocycles. The normalized spacial score (nSPS) is 32.1. The van der Waals surface area contributed by atoms with Gasteiger partial charge in [0.25, 0.3) is 0 Å². The van der Waals surface area contributed by atoms with Gasteiger partial charge in [0, 0.05) is 11.8 Å². The topological polar surface area (TPSA) is 43.1 Å². The molecule has 2 heteroatoms. The monoisotopic (exact) mass is 239 g/mol. The fraction of sp³-hybridized carbons (Fsp3) is 0.933. The Balaban J connectivity index is 2.57. The lowest BCUT2D eigenvalue weighted by Gasteiger charge is -2.30. The van der Waals surface area contributed by atoms with Crippen molar-refractivity contribution in [2.45, 2.75) is 71.6 Å². The molecule has 0 heterocycles. The predicted molar refractivity (Wildman–Crippen MR) is 72.9 cm³/mol. The van der Waals surface area contributed by atoms with Gasteiger partial charge in [-0.05, 0) is 25.3 Å². The fourth-order valence-electron chi connectivity index (χ4n) is 3.01. The molecule has 1 aliphatic rings. The van der Waals surface area contributed by atoms with Gasteiger partial charge >= 0.3 is 0 Å². The van der Waals surface area contributed by atoms with Gasteiger partial charge in [0.1, 0.15) is 5.78 Å². The van der Waals surface area contributed by atoms with E-state index in [9.17, 15) is 4.79 Å². The Labute approximate surface area is 106 Å². The summed E-state index contributed by atoms with van der Waals surface area (Å²) in [6.07, 6.45) is 10.4. The van der Waals surface area contributed by atoms with Crippen molar-refractivity contribution in [3.63, 3.8) is 0 Å². The van der Waals surface area contributed by atoms with Gasteiger partial charge < -0.3 is 5.73 Å². The molecule has 1 saturated carbocycles. The van der Waals surface area contributed by atoms with Crippen LogP contribution in [0.25, 0.3) is 0 Å². The molecule has 1 fully saturated rings. The Morgan fingerprint density at radius 2 is 1.82 bits per heavy atom. The van der Waals surface area contributed by atoms with Gasteiger partial charge in [-0.1, -0.05) is 52.4 Å². The summed E-state index contributed by atoms with van der Waals surface area (Å²) in [5.74, 6) is 1.23. The lowest BCUT2D eigenvalue weighted by Crippen LogP contribution is -2.30. The number of ketones is 1. The van der Waals surface area contributed by atoms with Crippen molar-refractivity contribution in [3.8, 4) is 0 Å². The molecule has 100 valence electrons. The summed E-state index contributed by atoms with van der Waals surface area (Å²) < 4.78 is 0. The van der Waals surface area contributed by atoms with E-state index in [-0.39, 0.29) is 5.41 Å². The van der Waals surface area contributed by atoms with Crippen LogP contribution in [0.3, 0.4) is 0 Å². The first-order chi connectivity index (χ1) is 8.08. The van der Waals surface area contributed by atoms with Gasteiger partial charge in [0.05, 0.1) is 0 Å². The lowest BCUT2D eigenvalue weighted by molar-refractivity contribution is -0.128. The highest BCUT2D eigenvalue weighted by atomic mass is 16.1. The van der Waals surface area contributed by atoms with Gasteiger partial charge in [-0.25, -0.2) is 0 Å². The zero-order valence-electron chi connectivity index (χ0n) is 11.6. The van der Waals surface area contributed by atoms with E-state index in [1.165, 1.54) is 38.5 Å². The first kappa shape index (κ1) is 14.7. The number of carbonyl (C=O) groups is 1. The first-order valence-corrected chi connectivity index (χ1v) is 7.32. The summed E-state index contributed by atoms with van der Waals surface area (Å²) in [6.45, 7) is 5.02. The molecule has 2 N–H and O–H groups in total. The second-order valence-electron chi connectivity index (χ2n) is 6.12. The molecule has 1 aliphatic carbocycles. The summed E-state index contributed by atoms with van der Waals surface area (Å²) in [4.78, 5) is 12.2. The summed E-state index contributed by atoms with van der Waals surface area (Å²) in [5.41, 5.74) is 5.44. The molecular formula is C15H29NO. The third-order valence-corrected chi connectivity index (χ3v) is 4.40. The second kappa shape index (κ2) is 7.15. The molecule has 0 aromatic rings. The summed E-state index contributed by atoms with van der Waals surface area (Å²) in [6, 6.07) is 0. The summed E-state index contributed by atoms with van der Waals surface area (Å²) >= 11 is 0. The number of rotatable bonds is 3. The fourth-order valence-corrected chi connectivity index (χ4v) is 3.01. The van der Waals surface area contributed by atoms with Crippen LogP contribution in [0.1, 0.15) is 71.6 Å². The standard InChI is InChI=1S/C15H29NO/c1-13-7-4-3-5-10-15(2,11-6-8-13)14(17)9-12-16/h13H,3-12,16H2,1-2H3. The molecule has 0 aromatic heterocycles. The number of hydrogen-bond donors (Lipinski definition) is 1. The van der Waals surface area contributed by atoms with Crippen LogP contribution in [-0.4, -0.2) is 12.3 Å². The smallest absolute Gasteiger partial charge is 0.140 e. The van der Waals surface area contributed by atoms with E-state index in [0.29, 0.717) is 18.7 Å². The molecule has 0 bridgehead atoms. The molecule has 17 heavy (non-hydrogen) atoms. The van der Waals surface area contributed by atoms with Crippen molar-refractivity contribution in [3.05, 3.63) is 0 Å². The highest BCUT2D eigenvalue weighted by molar-refractivity contribution is 5.84. The third-order valence-electron chi connectivity index (χ3n) is 4.40. The van der Waals surface area contributed by atoms with Crippen molar-refractivity contribution in [1.29, 1.82) is 0 Å². The quantitative estimate of drug-likeness (QED) is 0.816. The highest BCUT2D eigenvalue weighted by Gasteiger charge is 2.31. The van der Waals surface area contributed by atoms with E-state index in [4.69, 9.17) is 5.73 Å². The zero-order chi connectivity index (χ0) is 12.7. The van der Waals surface area contributed by atoms with Crippen LogP contribution in [0.2, 0.25) is 0 Å². The average molecular weight is 239 g/mol. The molecule has 0 aliphatic heterocycles. The maximum atomic E-state index is 12.2. The van der Waals surface area contributed by atoms with Crippen LogP contribution in [-0.2, 0) is 4.79 Å². The maximum absolute atomic E-state index is 12.2. The molecule has 1 rings (SSSR count). The Morgan fingerprint density at radius 1 is 1.18 bits per heavy atom. The van der Waals surface area contributed by atoms with Gasteiger partial charge in [0.15, 0.2) is 0 Å². The molecule has 2 unspecified atom stereocenters. The van der Waals surface area contributed by atoms with E-state index in [1.54, 1.807) is 0 Å². The van der Waals surface area contributed by atoms with Crippen molar-refractivity contribution >= 4 is 5.78 Å². The summed E-state index contributed by atoms with van der Waals surface area (Å²) in [7, 11) is 0. The van der Waals surface area contributed by atoms with E-state index < -0.39 is 0 Å². The molecule has 2 nitrogen and oxygen atoms in total. The van der Waals surface area contributed by atoms with Gasteiger partial charge in [-0.3, -0.25) is 4.79 Å². The minimum atomic E-state index is -0.0869. The number of Topliss-reactive ketones (excluding diaryl/α,β-unsaturated/α-hetero) is 1. The molecule has 0 spiro atoms. The SMILES string of the molecule is CC1CCCCCC(C)(C(=O)CCN)CCC1. The van der Waals surface area contributed by atoms with E-state index in [2.05, 4.69) is 13.8 Å². The molecular weight excluding hydrogens is 210 g/mol. The van der Waals surface area contributed by atoms with Crippen molar-refractivity contribution in [2.24, 2.45) is 17.1 Å². The van der Waals surface area contributed by atoms with E-state index in [0.717, 1.165) is 18.8 Å². The van der Waals surface area contributed by atoms with Crippen molar-refractivity contribution in [1.82, 2.24) is 0 Å². The van der Waals surface area contributed by atoms with Crippen LogP contribution >= 0.6 is 0 Å². The Hall–Kier alpha value is -0.370. The van der Waals surface area contributed by atoms with Crippen LogP contribution < -0.4 is 5.73 Å². The zero-order valence-corrected chi connectivity index (χ0v) is 11.6. The average Bonchev–Trinajstić information content (AvgIpc) is 2.29. The lowest BCUT2D eigenvalue weighted by atomic mass is 9.74. The van der Waals surface area contributed by atoms with Crippen molar-refractivity contribution < 1.29 is 4.79 Å². The van der Waals surface area contributed by atoms with E-state index in [1.807, 2.05) is 0 Å². The maximum Gasteiger partial charge on any atom is 0.140 e. The van der Waals surface area contributed by atoms with E-state index >= 15 is 0 Å². The minimum absolute atomic E-state index is 0.0869. The highest BCUT2D eigenvalue weighted by Crippen LogP contribution is 2.35. The van der Waals surface area contributed by atoms with Crippen LogP contribution in [0, 0.1) is 11.3 Å². The Kier molecular flexibility index (Phi) is 6.18. The first-order valence-electron chi connectivity index (χ1n) is 7.32. The van der Waals surface area contributed by atoms with Gasteiger partial charge in [-0.2, -0.15) is 0 Å². The largest absolute Gasteiger partial charge is 0.330 e. The number of hydrogen-bond acceptors (Lipinski definition) is 2. The minimum Gasteiger partial charge on any atom is -0.330 e. The van der Waals surface area contributed by atoms with Gasteiger partial charge in [0.2, 0.25) is 0 Å². The number of nitrogens with two attached hydrogens (primary N) is 1. The Morgan fingerprint density at radius 3 is 2.53 bits per heavy atom. The number of carbonyl (C=O) groups excluding carboxylic acids is 1. The Bertz CT molecular complexity index is 239. The summed E-state index contributed by atoms with van der Waals surface area (Å²) in [5, 5.41) is 0. The third kappa shape index (κ3) is 4.79. The molecule has 0 amide bonds. The van der Waals surface area contributed by atoms with Crippen LogP contribution in [0.4, 0.5) is 0 Å². The molecule has 0 radical (unpaired) electrons. The second-order valence-corrected chi connectivity index (χ2v) is 6.12. The van der Waals surface area contributed by atoms with Crippen LogP contribution in [0.5, 0.6) is 0 Å². The molecule has 0 aromatic carbocycles. The van der Waals surface area contributed by atoms with Crippen LogP contribution in [0.15, 0.2) is 0 Å². The van der Waals surface area contributed by atoms with Crippen molar-refractivity contribution in [2.75, 3.05) is 6.54 Å². The predicted octanol–water partition coefficient (Wildman–Crippen LogP) is 3.68. The molecule has 2 atom stereocenters.